The molecule has 1 amide bonds. The third-order valence-electron chi connectivity index (χ3n) is 5.88. The number of hydrogen-bond acceptors (Lipinski definition) is 6. The van der Waals surface area contributed by atoms with Crippen molar-refractivity contribution < 1.29 is 14.3 Å². The highest BCUT2D eigenvalue weighted by atomic mass is 32.1. The van der Waals surface area contributed by atoms with Gasteiger partial charge in [-0.05, 0) is 25.0 Å². The third-order valence-corrected chi connectivity index (χ3v) is 6.89. The molecule has 2 heterocycles. The van der Waals surface area contributed by atoms with Gasteiger partial charge in [0.1, 0.15) is 11.6 Å². The molecular weight excluding hydrogens is 374 g/mol. The van der Waals surface area contributed by atoms with E-state index in [1.807, 2.05) is 18.2 Å². The lowest BCUT2D eigenvalue weighted by Gasteiger charge is -2.48. The van der Waals surface area contributed by atoms with E-state index >= 15 is 0 Å². The zero-order valence-corrected chi connectivity index (χ0v) is 17.1. The molecule has 2 aromatic rings. The van der Waals surface area contributed by atoms with Crippen LogP contribution in [0, 0.1) is 0 Å². The molecule has 1 N–H and O–H groups in total. The van der Waals surface area contributed by atoms with Crippen molar-refractivity contribution in [3.8, 4) is 0 Å². The van der Waals surface area contributed by atoms with Crippen molar-refractivity contribution >= 4 is 27.5 Å². The number of hydrogen-bond donors (Lipinski definition) is 1. The molecule has 7 heteroatoms. The Labute approximate surface area is 170 Å². The van der Waals surface area contributed by atoms with Crippen molar-refractivity contribution in [1.29, 1.82) is 0 Å². The van der Waals surface area contributed by atoms with Crippen molar-refractivity contribution in [2.45, 2.75) is 44.2 Å². The van der Waals surface area contributed by atoms with E-state index in [-0.39, 0.29) is 18.1 Å². The number of benzene rings is 1. The van der Waals surface area contributed by atoms with Gasteiger partial charge < -0.3 is 14.8 Å². The Morgan fingerprint density at radius 1 is 1.21 bits per heavy atom. The number of thiazole rings is 1. The second-order valence-corrected chi connectivity index (χ2v) is 8.84. The molecule has 2 aliphatic rings. The normalized spacial score (nSPS) is 20.3. The third kappa shape index (κ3) is 4.71. The maximum atomic E-state index is 12.4. The SMILES string of the molecule is O=C(COCc1nc2ccccc2s1)NCC1(N2CCOCC2)CCCCC1. The van der Waals surface area contributed by atoms with Gasteiger partial charge in [-0.15, -0.1) is 11.3 Å². The largest absolute Gasteiger partial charge is 0.379 e. The number of fused-ring (bicyclic) bond motifs is 1. The Morgan fingerprint density at radius 2 is 2.00 bits per heavy atom. The number of nitrogens with zero attached hydrogens (tertiary/aromatic N) is 2. The Balaban J connectivity index is 1.26. The van der Waals surface area contributed by atoms with E-state index in [1.54, 1.807) is 11.3 Å². The molecule has 0 unspecified atom stereocenters. The molecule has 1 saturated carbocycles. The summed E-state index contributed by atoms with van der Waals surface area (Å²) in [6.45, 7) is 4.67. The predicted octanol–water partition coefficient (Wildman–Crippen LogP) is 2.96. The summed E-state index contributed by atoms with van der Waals surface area (Å²) in [5.74, 6) is -0.0423. The van der Waals surface area contributed by atoms with E-state index in [2.05, 4.69) is 21.3 Å². The molecule has 1 saturated heterocycles. The van der Waals surface area contributed by atoms with Gasteiger partial charge in [0.15, 0.2) is 0 Å². The molecule has 6 nitrogen and oxygen atoms in total. The molecule has 28 heavy (non-hydrogen) atoms. The topological polar surface area (TPSA) is 63.7 Å². The van der Waals surface area contributed by atoms with Gasteiger partial charge in [-0.3, -0.25) is 9.69 Å². The van der Waals surface area contributed by atoms with E-state index in [0.717, 1.165) is 54.4 Å². The molecule has 1 aliphatic heterocycles. The van der Waals surface area contributed by atoms with Crippen LogP contribution >= 0.6 is 11.3 Å². The molecule has 0 spiro atoms. The first-order valence-electron chi connectivity index (χ1n) is 10.3. The van der Waals surface area contributed by atoms with Crippen LogP contribution in [-0.4, -0.2) is 60.8 Å². The van der Waals surface area contributed by atoms with Crippen molar-refractivity contribution in [2.75, 3.05) is 39.5 Å². The number of nitrogens with one attached hydrogen (secondary N) is 1. The number of para-hydroxylation sites is 1. The summed E-state index contributed by atoms with van der Waals surface area (Å²) in [5.41, 5.74) is 1.07. The zero-order chi connectivity index (χ0) is 19.2. The van der Waals surface area contributed by atoms with Crippen LogP contribution in [0.2, 0.25) is 0 Å². The molecule has 1 aromatic carbocycles. The number of aromatic nitrogens is 1. The average Bonchev–Trinajstić information content (AvgIpc) is 3.16. The Bertz CT molecular complexity index is 749. The molecular formula is C21H29N3O3S. The predicted molar refractivity (Wildman–Crippen MR) is 110 cm³/mol. The first-order valence-corrected chi connectivity index (χ1v) is 11.1. The first kappa shape index (κ1) is 19.8. The lowest BCUT2D eigenvalue weighted by molar-refractivity contribution is -0.127. The van der Waals surface area contributed by atoms with Gasteiger partial charge >= 0.3 is 0 Å². The summed E-state index contributed by atoms with van der Waals surface area (Å²) in [4.78, 5) is 19.5. The summed E-state index contributed by atoms with van der Waals surface area (Å²) in [6.07, 6.45) is 6.08. The summed E-state index contributed by atoms with van der Waals surface area (Å²) < 4.78 is 12.3. The standard InChI is InChI=1S/C21H29N3O3S/c25-19(14-27-15-20-23-17-6-2-3-7-18(17)28-20)22-16-21(8-4-1-5-9-21)24-10-12-26-13-11-24/h2-3,6-7H,1,4-5,8-16H2,(H,22,25). The van der Waals surface area contributed by atoms with Gasteiger partial charge in [0.05, 0.1) is 30.0 Å². The Morgan fingerprint density at radius 3 is 2.79 bits per heavy atom. The smallest absolute Gasteiger partial charge is 0.246 e. The van der Waals surface area contributed by atoms with Crippen molar-refractivity contribution in [3.05, 3.63) is 29.3 Å². The lowest BCUT2D eigenvalue weighted by Crippen LogP contribution is -2.59. The van der Waals surface area contributed by atoms with Gasteiger partial charge in [0, 0.05) is 25.2 Å². The monoisotopic (exact) mass is 403 g/mol. The van der Waals surface area contributed by atoms with Crippen LogP contribution in [0.5, 0.6) is 0 Å². The number of rotatable bonds is 7. The minimum atomic E-state index is -0.0423. The number of carbonyl (C=O) groups is 1. The van der Waals surface area contributed by atoms with Gasteiger partial charge in [0.2, 0.25) is 5.91 Å². The quantitative estimate of drug-likeness (QED) is 0.770. The van der Waals surface area contributed by atoms with Crippen LogP contribution in [0.4, 0.5) is 0 Å². The van der Waals surface area contributed by atoms with Crippen LogP contribution in [0.25, 0.3) is 10.2 Å². The van der Waals surface area contributed by atoms with Crippen molar-refractivity contribution in [1.82, 2.24) is 15.2 Å². The van der Waals surface area contributed by atoms with Gasteiger partial charge in [0.25, 0.3) is 0 Å². The number of ether oxygens (including phenoxy) is 2. The summed E-state index contributed by atoms with van der Waals surface area (Å²) in [6, 6.07) is 8.04. The van der Waals surface area contributed by atoms with Crippen LogP contribution in [0.3, 0.4) is 0 Å². The van der Waals surface area contributed by atoms with Crippen LogP contribution in [0.15, 0.2) is 24.3 Å². The first-order chi connectivity index (χ1) is 13.8. The lowest BCUT2D eigenvalue weighted by atomic mass is 9.79. The minimum Gasteiger partial charge on any atom is -0.379 e. The highest BCUT2D eigenvalue weighted by Crippen LogP contribution is 2.33. The second kappa shape index (κ2) is 9.31. The fraction of sp³-hybridized carbons (Fsp3) is 0.619. The van der Waals surface area contributed by atoms with Crippen molar-refractivity contribution in [3.63, 3.8) is 0 Å². The maximum Gasteiger partial charge on any atom is 0.246 e. The number of amides is 1. The van der Waals surface area contributed by atoms with E-state index in [9.17, 15) is 4.79 Å². The highest BCUT2D eigenvalue weighted by molar-refractivity contribution is 7.18. The molecule has 1 aliphatic carbocycles. The number of morpholine rings is 1. The zero-order valence-electron chi connectivity index (χ0n) is 16.3. The van der Waals surface area contributed by atoms with Gasteiger partial charge in [-0.25, -0.2) is 4.98 Å². The molecule has 1 aromatic heterocycles. The summed E-state index contributed by atoms with van der Waals surface area (Å²) in [5, 5.41) is 4.05. The fourth-order valence-electron chi connectivity index (χ4n) is 4.38. The molecule has 0 radical (unpaired) electrons. The number of carbonyl (C=O) groups excluding carboxylic acids is 1. The average molecular weight is 404 g/mol. The van der Waals surface area contributed by atoms with Gasteiger partial charge in [-0.1, -0.05) is 31.4 Å². The van der Waals surface area contributed by atoms with Gasteiger partial charge in [-0.2, -0.15) is 0 Å². The van der Waals surface area contributed by atoms with E-state index < -0.39 is 0 Å². The molecule has 2 fully saturated rings. The van der Waals surface area contributed by atoms with Crippen molar-refractivity contribution in [2.24, 2.45) is 0 Å². The molecule has 0 bridgehead atoms. The molecule has 0 atom stereocenters. The minimum absolute atomic E-state index is 0.0423. The van der Waals surface area contributed by atoms with E-state index in [1.165, 1.54) is 19.3 Å². The van der Waals surface area contributed by atoms with Crippen LogP contribution < -0.4 is 5.32 Å². The van der Waals surface area contributed by atoms with Crippen LogP contribution in [-0.2, 0) is 20.9 Å². The maximum absolute atomic E-state index is 12.4. The highest BCUT2D eigenvalue weighted by Gasteiger charge is 2.38. The Kier molecular flexibility index (Phi) is 6.57. The van der Waals surface area contributed by atoms with E-state index in [4.69, 9.17) is 9.47 Å². The summed E-state index contributed by atoms with van der Waals surface area (Å²) in [7, 11) is 0. The molecule has 152 valence electrons. The van der Waals surface area contributed by atoms with Crippen LogP contribution in [0.1, 0.15) is 37.1 Å². The Hall–Kier alpha value is -1.54. The van der Waals surface area contributed by atoms with E-state index in [0.29, 0.717) is 13.2 Å². The summed E-state index contributed by atoms with van der Waals surface area (Å²) >= 11 is 1.62. The molecule has 4 rings (SSSR count). The second-order valence-electron chi connectivity index (χ2n) is 7.73. The fourth-order valence-corrected chi connectivity index (χ4v) is 5.28.